The van der Waals surface area contributed by atoms with Gasteiger partial charge in [-0.1, -0.05) is 12.1 Å². The molecule has 0 aromatic heterocycles. The average Bonchev–Trinajstić information content (AvgIpc) is 3.31. The van der Waals surface area contributed by atoms with E-state index in [1.54, 1.807) is 6.07 Å². The van der Waals surface area contributed by atoms with Crippen LogP contribution in [0.5, 0.6) is 11.5 Å². The molecule has 2 amide bonds. The summed E-state index contributed by atoms with van der Waals surface area (Å²) in [7, 11) is 2.77. The molecule has 1 aliphatic carbocycles. The van der Waals surface area contributed by atoms with Gasteiger partial charge in [-0.25, -0.2) is 4.39 Å². The summed E-state index contributed by atoms with van der Waals surface area (Å²) in [6, 6.07) is 7.61. The molecule has 2 aliphatic rings. The molecule has 4 rings (SSSR count). The Labute approximate surface area is 218 Å². The summed E-state index contributed by atoms with van der Waals surface area (Å²) >= 11 is 0. The molecule has 1 heterocycles. The van der Waals surface area contributed by atoms with Crippen molar-refractivity contribution in [2.75, 3.05) is 34.0 Å². The largest absolute Gasteiger partial charge is 0.493 e. The van der Waals surface area contributed by atoms with Gasteiger partial charge >= 0.3 is 0 Å². The van der Waals surface area contributed by atoms with Crippen LogP contribution in [0.4, 0.5) is 4.39 Å². The zero-order chi connectivity index (χ0) is 27.4. The Kier molecular flexibility index (Phi) is 8.40. The lowest BCUT2D eigenvalue weighted by molar-refractivity contribution is -0.141. The van der Waals surface area contributed by atoms with Crippen LogP contribution < -0.4 is 14.8 Å². The van der Waals surface area contributed by atoms with Crippen LogP contribution >= 0.6 is 0 Å². The number of amides is 2. The number of ether oxygens (including phenoxy) is 3. The highest BCUT2D eigenvalue weighted by Gasteiger charge is 2.51. The van der Waals surface area contributed by atoms with E-state index in [-0.39, 0.29) is 43.4 Å². The standard InChI is InChI=1S/C27H29FN2O8/c1-36-14-22(33)30(12-15-3-5-17(28)6-4-15)20-11-19(27(35)29-7-8-31)23-18-9-16(13-32)10-21(37-2)25(18)38-26(23)24(20)34/h3-6,9-11,13,20,23-24,26,31,34H,7-8,12,14H2,1-2H3,(H,29,35)/t20-,23+,24+,26+/m1/s1. The average molecular weight is 529 g/mol. The van der Waals surface area contributed by atoms with E-state index in [1.807, 2.05) is 0 Å². The molecule has 202 valence electrons. The Bertz CT molecular complexity index is 1230. The zero-order valence-electron chi connectivity index (χ0n) is 20.9. The first-order valence-electron chi connectivity index (χ1n) is 12.0. The van der Waals surface area contributed by atoms with Crippen molar-refractivity contribution >= 4 is 18.1 Å². The number of nitrogens with zero attached hydrogens (tertiary/aromatic N) is 1. The summed E-state index contributed by atoms with van der Waals surface area (Å²) in [6.07, 6.45) is -0.167. The second kappa shape index (κ2) is 11.7. The van der Waals surface area contributed by atoms with Gasteiger partial charge in [0.25, 0.3) is 0 Å². The van der Waals surface area contributed by atoms with Gasteiger partial charge in [0.05, 0.1) is 25.7 Å². The molecule has 11 heteroatoms. The molecule has 0 saturated carbocycles. The Balaban J connectivity index is 1.81. The third kappa shape index (κ3) is 5.26. The molecule has 0 unspecified atom stereocenters. The number of rotatable bonds is 10. The molecule has 0 saturated heterocycles. The lowest BCUT2D eigenvalue weighted by atomic mass is 9.77. The quantitative estimate of drug-likeness (QED) is 0.388. The molecule has 38 heavy (non-hydrogen) atoms. The summed E-state index contributed by atoms with van der Waals surface area (Å²) in [5.74, 6) is -1.68. The van der Waals surface area contributed by atoms with Crippen molar-refractivity contribution in [1.82, 2.24) is 10.2 Å². The summed E-state index contributed by atoms with van der Waals surface area (Å²) in [4.78, 5) is 39.4. The number of nitrogens with one attached hydrogen (secondary N) is 1. The van der Waals surface area contributed by atoms with E-state index in [4.69, 9.17) is 14.2 Å². The predicted molar refractivity (Wildman–Crippen MR) is 132 cm³/mol. The van der Waals surface area contributed by atoms with Gasteiger partial charge in [0.2, 0.25) is 11.8 Å². The van der Waals surface area contributed by atoms with Crippen molar-refractivity contribution in [1.29, 1.82) is 0 Å². The van der Waals surface area contributed by atoms with Crippen molar-refractivity contribution in [2.24, 2.45) is 0 Å². The summed E-state index contributed by atoms with van der Waals surface area (Å²) in [5.41, 5.74) is 1.56. The number of aldehydes is 1. The molecule has 2 aromatic rings. The van der Waals surface area contributed by atoms with Crippen LogP contribution in [0.2, 0.25) is 0 Å². The first kappa shape index (κ1) is 27.2. The Morgan fingerprint density at radius 2 is 1.95 bits per heavy atom. The van der Waals surface area contributed by atoms with Crippen molar-refractivity contribution < 1.29 is 43.2 Å². The van der Waals surface area contributed by atoms with E-state index in [0.29, 0.717) is 23.0 Å². The van der Waals surface area contributed by atoms with E-state index in [1.165, 1.54) is 55.5 Å². The van der Waals surface area contributed by atoms with Crippen LogP contribution in [0, 0.1) is 5.82 Å². The zero-order valence-corrected chi connectivity index (χ0v) is 20.9. The number of halogens is 1. The molecule has 10 nitrogen and oxygen atoms in total. The molecular weight excluding hydrogens is 499 g/mol. The fraction of sp³-hybridized carbons (Fsp3) is 0.370. The maximum absolute atomic E-state index is 13.5. The highest BCUT2D eigenvalue weighted by atomic mass is 19.1. The number of carbonyl (C=O) groups excluding carboxylic acids is 3. The van der Waals surface area contributed by atoms with Crippen LogP contribution in [-0.2, 0) is 20.9 Å². The second-order valence-electron chi connectivity index (χ2n) is 8.98. The number of aliphatic hydroxyl groups is 2. The van der Waals surface area contributed by atoms with E-state index in [2.05, 4.69) is 5.32 Å². The fourth-order valence-electron chi connectivity index (χ4n) is 4.91. The number of fused-ring (bicyclic) bond motifs is 3. The first-order chi connectivity index (χ1) is 18.3. The van der Waals surface area contributed by atoms with Gasteiger partial charge in [0.15, 0.2) is 11.5 Å². The normalized spacial score (nSPS) is 21.4. The van der Waals surface area contributed by atoms with Crippen LogP contribution in [0.15, 0.2) is 48.0 Å². The lowest BCUT2D eigenvalue weighted by Crippen LogP contribution is -2.56. The number of hydrogen-bond acceptors (Lipinski definition) is 8. The number of benzene rings is 2. The van der Waals surface area contributed by atoms with Gasteiger partial charge in [-0.15, -0.1) is 0 Å². The Morgan fingerprint density at radius 1 is 1.21 bits per heavy atom. The molecule has 4 atom stereocenters. The molecular formula is C27H29FN2O8. The summed E-state index contributed by atoms with van der Waals surface area (Å²) in [5, 5.41) is 23.4. The minimum Gasteiger partial charge on any atom is -0.493 e. The third-order valence-electron chi connectivity index (χ3n) is 6.63. The van der Waals surface area contributed by atoms with E-state index in [0.717, 1.165) is 0 Å². The minimum absolute atomic E-state index is 0.00478. The molecule has 0 radical (unpaired) electrons. The first-order valence-corrected chi connectivity index (χ1v) is 12.0. The van der Waals surface area contributed by atoms with Crippen LogP contribution in [0.25, 0.3) is 0 Å². The lowest BCUT2D eigenvalue weighted by Gasteiger charge is -2.40. The topological polar surface area (TPSA) is 135 Å². The van der Waals surface area contributed by atoms with Crippen LogP contribution in [0.1, 0.15) is 27.4 Å². The van der Waals surface area contributed by atoms with Crippen molar-refractivity contribution in [3.63, 3.8) is 0 Å². The number of carbonyl (C=O) groups is 3. The molecule has 0 bridgehead atoms. The smallest absolute Gasteiger partial charge is 0.249 e. The highest BCUT2D eigenvalue weighted by molar-refractivity contribution is 5.96. The summed E-state index contributed by atoms with van der Waals surface area (Å²) in [6.45, 7) is -0.613. The van der Waals surface area contributed by atoms with Gasteiger partial charge in [0, 0.05) is 36.9 Å². The third-order valence-corrected chi connectivity index (χ3v) is 6.63. The van der Waals surface area contributed by atoms with E-state index in [9.17, 15) is 29.0 Å². The number of aliphatic hydroxyl groups excluding tert-OH is 2. The SMILES string of the molecule is COCC(=O)N(Cc1ccc(F)cc1)[C@@H]1C=C(C(=O)NCCO)[C@@H]2c3cc(C=O)cc(OC)c3O[C@@H]2[C@H]1O. The van der Waals surface area contributed by atoms with Gasteiger partial charge in [-0.05, 0) is 35.9 Å². The molecule has 2 aromatic carbocycles. The van der Waals surface area contributed by atoms with Gasteiger partial charge in [-0.3, -0.25) is 14.4 Å². The second-order valence-corrected chi connectivity index (χ2v) is 8.98. The van der Waals surface area contributed by atoms with E-state index >= 15 is 0 Å². The fourth-order valence-corrected chi connectivity index (χ4v) is 4.91. The highest BCUT2D eigenvalue weighted by Crippen LogP contribution is 2.51. The van der Waals surface area contributed by atoms with Crippen molar-refractivity contribution in [2.45, 2.75) is 30.7 Å². The number of hydrogen-bond donors (Lipinski definition) is 3. The predicted octanol–water partition coefficient (Wildman–Crippen LogP) is 0.945. The van der Waals surface area contributed by atoms with Gasteiger partial charge in [-0.2, -0.15) is 0 Å². The monoisotopic (exact) mass is 528 g/mol. The minimum atomic E-state index is -1.30. The van der Waals surface area contributed by atoms with Gasteiger partial charge < -0.3 is 34.6 Å². The van der Waals surface area contributed by atoms with E-state index < -0.39 is 41.8 Å². The van der Waals surface area contributed by atoms with Crippen LogP contribution in [-0.4, -0.2) is 85.4 Å². The molecule has 0 spiro atoms. The summed E-state index contributed by atoms with van der Waals surface area (Å²) < 4.78 is 30.1. The molecule has 0 fully saturated rings. The van der Waals surface area contributed by atoms with Gasteiger partial charge in [0.1, 0.15) is 30.9 Å². The maximum Gasteiger partial charge on any atom is 0.249 e. The maximum atomic E-state index is 13.5. The molecule has 3 N–H and O–H groups in total. The Hall–Kier alpha value is -3.80. The van der Waals surface area contributed by atoms with Crippen LogP contribution in [0.3, 0.4) is 0 Å². The van der Waals surface area contributed by atoms with Crippen molar-refractivity contribution in [3.8, 4) is 11.5 Å². The Morgan fingerprint density at radius 3 is 2.58 bits per heavy atom. The van der Waals surface area contributed by atoms with Crippen molar-refractivity contribution in [3.05, 3.63) is 70.6 Å². The molecule has 1 aliphatic heterocycles. The number of methoxy groups -OCH3 is 2.